The smallest absolute Gasteiger partial charge is 0.352 e. The van der Waals surface area contributed by atoms with Gasteiger partial charge in [-0.25, -0.2) is 24.5 Å². The first-order valence-electron chi connectivity index (χ1n) is 12.6. The largest absolute Gasteiger partial charge is 0.504 e. The number of fused-ring (bicyclic) bond motifs is 1. The zero-order valence-corrected chi connectivity index (χ0v) is 25.0. The number of thioether (sulfide) groups is 2. The first-order valence-corrected chi connectivity index (χ1v) is 15.5. The Labute approximate surface area is 265 Å². The monoisotopic (exact) mass is 674 g/mol. The van der Waals surface area contributed by atoms with E-state index in [1.54, 1.807) is 0 Å². The van der Waals surface area contributed by atoms with Crippen molar-refractivity contribution in [3.8, 4) is 11.5 Å². The van der Waals surface area contributed by atoms with Crippen molar-refractivity contribution in [2.24, 2.45) is 5.16 Å². The molecule has 5 rings (SSSR count). The minimum absolute atomic E-state index is 0.0581. The molecule has 1 saturated heterocycles. The Morgan fingerprint density at radius 1 is 1.18 bits per heavy atom. The van der Waals surface area contributed by atoms with Crippen LogP contribution in [0.25, 0.3) is 0 Å². The highest BCUT2D eigenvalue weighted by atomic mass is 32.2. The molecular formula is C25H22N8O9S3. The summed E-state index contributed by atoms with van der Waals surface area (Å²) in [4.78, 5) is 69.2. The summed E-state index contributed by atoms with van der Waals surface area (Å²) in [5.41, 5.74) is 10.9. The van der Waals surface area contributed by atoms with Crippen LogP contribution in [0.3, 0.4) is 0 Å². The number of amides is 2. The number of phenolic OH excluding ortho intramolecular Hbond substituents is 2. The molecule has 1 fully saturated rings. The number of anilines is 2. The lowest BCUT2D eigenvalue weighted by Gasteiger charge is -2.49. The zero-order valence-electron chi connectivity index (χ0n) is 22.6. The van der Waals surface area contributed by atoms with Gasteiger partial charge in [-0.2, -0.15) is 0 Å². The van der Waals surface area contributed by atoms with Crippen molar-refractivity contribution in [2.75, 3.05) is 23.0 Å². The summed E-state index contributed by atoms with van der Waals surface area (Å²) in [6.45, 7) is 0. The van der Waals surface area contributed by atoms with Crippen LogP contribution in [0.1, 0.15) is 17.4 Å². The number of thiazole rings is 1. The van der Waals surface area contributed by atoms with E-state index in [-0.39, 0.29) is 39.4 Å². The van der Waals surface area contributed by atoms with Gasteiger partial charge < -0.3 is 42.0 Å². The minimum Gasteiger partial charge on any atom is -0.504 e. The number of benzene rings is 1. The van der Waals surface area contributed by atoms with Crippen molar-refractivity contribution in [2.45, 2.75) is 22.7 Å². The lowest BCUT2D eigenvalue weighted by Crippen LogP contribution is -2.71. The molecule has 2 aliphatic rings. The van der Waals surface area contributed by atoms with Crippen LogP contribution >= 0.6 is 34.9 Å². The number of carbonyl (C=O) groups is 4. The van der Waals surface area contributed by atoms with Gasteiger partial charge in [-0.15, -0.1) is 23.1 Å². The van der Waals surface area contributed by atoms with E-state index >= 15 is 0 Å². The molecule has 234 valence electrons. The predicted molar refractivity (Wildman–Crippen MR) is 161 cm³/mol. The molecule has 45 heavy (non-hydrogen) atoms. The number of rotatable bonds is 11. The van der Waals surface area contributed by atoms with Crippen molar-refractivity contribution >= 4 is 75.3 Å². The Morgan fingerprint density at radius 3 is 2.60 bits per heavy atom. The molecule has 3 atom stereocenters. The number of hydrogen-bond donors (Lipinski definition) is 7. The van der Waals surface area contributed by atoms with Crippen LogP contribution in [-0.2, 0) is 24.0 Å². The molecule has 17 nitrogen and oxygen atoms in total. The summed E-state index contributed by atoms with van der Waals surface area (Å²) in [5, 5.41) is 46.2. The molecule has 2 aliphatic heterocycles. The molecule has 1 aromatic carbocycles. The number of nitrogens with one attached hydrogen (secondary N) is 1. The Bertz CT molecular complexity index is 1760. The number of hydrogen-bond acceptors (Lipinski definition) is 16. The number of phenols is 2. The lowest BCUT2D eigenvalue weighted by atomic mass is 10.0. The maximum absolute atomic E-state index is 13.4. The molecule has 9 N–H and O–H groups in total. The summed E-state index contributed by atoms with van der Waals surface area (Å²) < 4.78 is 0. The average Bonchev–Trinajstić information content (AvgIpc) is 3.43. The van der Waals surface area contributed by atoms with Crippen LogP contribution < -0.4 is 16.8 Å². The fraction of sp³-hybridized carbons (Fsp3) is 0.200. The van der Waals surface area contributed by atoms with Crippen molar-refractivity contribution in [3.05, 3.63) is 58.4 Å². The third-order valence-corrected chi connectivity index (χ3v) is 9.28. The van der Waals surface area contributed by atoms with E-state index in [2.05, 4.69) is 25.4 Å². The standard InChI is InChI=1S/C25H22N8O9S3/c26-14-3-4-28-25(30-14)45-7-10-6-43-21-16(20(37)33(21)17(10)22(38)39)31-19(36)15(11-8-44-24(27)29-11)32-42-18(23(40)41)9-1-2-12(34)13(35)5-9/h1-5,8,16,18,21,34-35H,6-7H2,(H2,27,29)(H,31,36)(H,38,39)(H,40,41)(H2,26,28,30)/b32-15-/t16?,18-,21-/m1/s1. The highest BCUT2D eigenvalue weighted by Gasteiger charge is 2.54. The molecule has 0 bridgehead atoms. The van der Waals surface area contributed by atoms with Gasteiger partial charge in [-0.05, 0) is 23.8 Å². The van der Waals surface area contributed by atoms with Crippen LogP contribution in [0.2, 0.25) is 0 Å². The quantitative estimate of drug-likeness (QED) is 0.0366. The number of aliphatic carboxylic acids is 2. The van der Waals surface area contributed by atoms with Gasteiger partial charge in [0.25, 0.3) is 11.8 Å². The molecule has 2 amide bonds. The van der Waals surface area contributed by atoms with Gasteiger partial charge in [-0.3, -0.25) is 14.5 Å². The number of nitrogens with two attached hydrogens (primary N) is 2. The Kier molecular flexibility index (Phi) is 8.97. The van der Waals surface area contributed by atoms with Crippen LogP contribution in [0.15, 0.2) is 57.4 Å². The van der Waals surface area contributed by atoms with E-state index in [0.717, 1.165) is 40.1 Å². The first kappa shape index (κ1) is 31.3. The molecular weight excluding hydrogens is 653 g/mol. The van der Waals surface area contributed by atoms with Gasteiger partial charge >= 0.3 is 11.9 Å². The summed E-state index contributed by atoms with van der Waals surface area (Å²) in [5.74, 6) is -4.97. The number of nitrogens with zero attached hydrogens (tertiary/aromatic N) is 5. The maximum Gasteiger partial charge on any atom is 0.352 e. The summed E-state index contributed by atoms with van der Waals surface area (Å²) in [6, 6.07) is 3.53. The fourth-order valence-corrected chi connectivity index (χ4v) is 7.11. The van der Waals surface area contributed by atoms with Gasteiger partial charge in [-0.1, -0.05) is 23.0 Å². The Morgan fingerprint density at radius 2 is 1.96 bits per heavy atom. The number of nitrogen functional groups attached to an aromatic ring is 2. The molecule has 0 aliphatic carbocycles. The topological polar surface area (TPSA) is 277 Å². The number of oxime groups is 1. The predicted octanol–water partition coefficient (Wildman–Crippen LogP) is 0.586. The van der Waals surface area contributed by atoms with Crippen LogP contribution in [-0.4, -0.2) is 92.7 Å². The number of carbonyl (C=O) groups excluding carboxylic acids is 2. The van der Waals surface area contributed by atoms with E-state index in [9.17, 15) is 39.6 Å². The minimum atomic E-state index is -1.82. The maximum atomic E-state index is 13.4. The number of carboxylic acids is 2. The molecule has 2 aromatic heterocycles. The van der Waals surface area contributed by atoms with Crippen molar-refractivity contribution in [1.82, 2.24) is 25.2 Å². The summed E-state index contributed by atoms with van der Waals surface area (Å²) in [6.07, 6.45) is -0.347. The SMILES string of the molecule is Nc1ccnc(SCC2=C(C(=O)O)N3C(=O)C(NC(=O)/C(=N\O[C@@H](C(=O)O)c4ccc(O)c(O)c4)c4csc(N)n4)[C@H]3SC2)n1. The molecule has 1 unspecified atom stereocenters. The third-order valence-electron chi connectivity index (χ3n) is 6.32. The number of carboxylic acid groups (broad SMARTS) is 2. The zero-order chi connectivity index (χ0) is 32.4. The average molecular weight is 675 g/mol. The molecule has 0 saturated carbocycles. The highest BCUT2D eigenvalue weighted by molar-refractivity contribution is 8.01. The lowest BCUT2D eigenvalue weighted by molar-refractivity contribution is -0.151. The van der Waals surface area contributed by atoms with E-state index < -0.39 is 58.5 Å². The van der Waals surface area contributed by atoms with E-state index in [1.165, 1.54) is 35.5 Å². The molecule has 0 radical (unpaired) electrons. The number of aromatic nitrogens is 3. The second-order valence-corrected chi connectivity index (χ2v) is 12.2. The van der Waals surface area contributed by atoms with Crippen LogP contribution in [0.5, 0.6) is 11.5 Å². The normalized spacial score (nSPS) is 18.5. The number of aromatic hydroxyl groups is 2. The van der Waals surface area contributed by atoms with Gasteiger partial charge in [0.15, 0.2) is 27.5 Å². The van der Waals surface area contributed by atoms with Crippen LogP contribution in [0, 0.1) is 0 Å². The van der Waals surface area contributed by atoms with Crippen molar-refractivity contribution in [3.63, 3.8) is 0 Å². The molecule has 0 spiro atoms. The number of β-lactam (4-membered cyclic amide) rings is 1. The summed E-state index contributed by atoms with van der Waals surface area (Å²) in [7, 11) is 0. The highest BCUT2D eigenvalue weighted by Crippen LogP contribution is 2.41. The Hall–Kier alpha value is -5.08. The second kappa shape index (κ2) is 12.9. The van der Waals surface area contributed by atoms with Crippen LogP contribution in [0.4, 0.5) is 10.9 Å². The third kappa shape index (κ3) is 6.56. The second-order valence-electron chi connectivity index (χ2n) is 9.25. The van der Waals surface area contributed by atoms with E-state index in [4.69, 9.17) is 16.3 Å². The van der Waals surface area contributed by atoms with E-state index in [0.29, 0.717) is 10.7 Å². The fourth-order valence-electron chi connectivity index (χ4n) is 4.24. The van der Waals surface area contributed by atoms with Crippen molar-refractivity contribution in [1.29, 1.82) is 0 Å². The van der Waals surface area contributed by atoms with Gasteiger partial charge in [0.1, 0.15) is 28.6 Å². The van der Waals surface area contributed by atoms with E-state index in [1.807, 2.05) is 0 Å². The summed E-state index contributed by atoms with van der Waals surface area (Å²) >= 11 is 3.35. The van der Waals surface area contributed by atoms with Crippen molar-refractivity contribution < 1.29 is 44.4 Å². The molecule has 4 heterocycles. The van der Waals surface area contributed by atoms with Gasteiger partial charge in [0.2, 0.25) is 6.10 Å². The van der Waals surface area contributed by atoms with Gasteiger partial charge in [0.05, 0.1) is 0 Å². The first-order chi connectivity index (χ1) is 21.4. The Balaban J connectivity index is 1.35. The van der Waals surface area contributed by atoms with Gasteiger partial charge in [0, 0.05) is 28.6 Å². The molecule has 3 aromatic rings. The molecule has 20 heteroatoms.